The van der Waals surface area contributed by atoms with Crippen LogP contribution >= 0.6 is 11.3 Å². The Morgan fingerprint density at radius 3 is 1.54 bits per heavy atom. The third-order valence-corrected chi connectivity index (χ3v) is 14.8. The van der Waals surface area contributed by atoms with Gasteiger partial charge >= 0.3 is 0 Å². The van der Waals surface area contributed by atoms with Gasteiger partial charge in [-0.25, -0.2) is 0 Å². The van der Waals surface area contributed by atoms with Crippen LogP contribution in [0.25, 0.3) is 74.7 Å². The topological polar surface area (TPSA) is 3.24 Å². The van der Waals surface area contributed by atoms with Gasteiger partial charge in [-0.15, -0.1) is 11.3 Å². The van der Waals surface area contributed by atoms with Crippen LogP contribution in [0.4, 0.5) is 17.1 Å². The number of fused-ring (bicyclic) bond motifs is 10. The van der Waals surface area contributed by atoms with E-state index in [1.165, 1.54) is 103 Å². The van der Waals surface area contributed by atoms with Crippen molar-refractivity contribution in [1.82, 2.24) is 0 Å². The molecule has 0 fully saturated rings. The molecule has 0 unspecified atom stereocenters. The Morgan fingerprint density at radius 2 is 0.857 bits per heavy atom. The summed E-state index contributed by atoms with van der Waals surface area (Å²) < 4.78 is 2.58. The second kappa shape index (κ2) is 14.1. The predicted molar refractivity (Wildman–Crippen MR) is 269 cm³/mol. The zero-order valence-corrected chi connectivity index (χ0v) is 35.2. The van der Waals surface area contributed by atoms with Gasteiger partial charge in [-0.05, 0) is 114 Å². The largest absolute Gasteiger partial charge is 0.309 e. The number of thiophene rings is 1. The number of nitrogens with zero attached hydrogens (tertiary/aromatic N) is 1. The van der Waals surface area contributed by atoms with E-state index in [1.807, 2.05) is 11.3 Å². The predicted octanol–water partition coefficient (Wildman–Crippen LogP) is 17.0. The normalized spacial score (nSPS) is 12.9. The molecule has 1 aromatic heterocycles. The van der Waals surface area contributed by atoms with E-state index in [0.717, 1.165) is 11.4 Å². The molecule has 0 N–H and O–H groups in total. The summed E-state index contributed by atoms with van der Waals surface area (Å²) in [4.78, 5) is 2.46. The molecule has 63 heavy (non-hydrogen) atoms. The first-order valence-corrected chi connectivity index (χ1v) is 22.6. The van der Waals surface area contributed by atoms with Crippen molar-refractivity contribution in [3.63, 3.8) is 0 Å². The molecule has 12 aromatic rings. The quantitative estimate of drug-likeness (QED) is 0.162. The fourth-order valence-electron chi connectivity index (χ4n) is 10.7. The second-order valence-electron chi connectivity index (χ2n) is 16.8. The minimum absolute atomic E-state index is 0.469. The summed E-state index contributed by atoms with van der Waals surface area (Å²) >= 11 is 1.91. The lowest BCUT2D eigenvalue weighted by atomic mass is 9.67. The van der Waals surface area contributed by atoms with Gasteiger partial charge in [0.05, 0.1) is 15.8 Å². The molecule has 0 spiro atoms. The summed E-state index contributed by atoms with van der Waals surface area (Å²) in [6.07, 6.45) is 0. The number of rotatable bonds is 6. The molecule has 0 atom stereocenters. The summed E-state index contributed by atoms with van der Waals surface area (Å²) in [6.45, 7) is 0. The van der Waals surface area contributed by atoms with Crippen molar-refractivity contribution in [1.29, 1.82) is 0 Å². The zero-order valence-electron chi connectivity index (χ0n) is 34.4. The maximum Gasteiger partial charge on any atom is 0.0713 e. The molecule has 1 aliphatic rings. The Hall–Kier alpha value is -7.78. The van der Waals surface area contributed by atoms with Crippen LogP contribution in [0.15, 0.2) is 237 Å². The highest BCUT2D eigenvalue weighted by atomic mass is 32.1. The van der Waals surface area contributed by atoms with Crippen LogP contribution in [-0.4, -0.2) is 0 Å². The van der Waals surface area contributed by atoms with Gasteiger partial charge < -0.3 is 4.90 Å². The number of hydrogen-bond acceptors (Lipinski definition) is 2. The molecule has 11 aromatic carbocycles. The first kappa shape index (κ1) is 35.9. The Balaban J connectivity index is 1.06. The van der Waals surface area contributed by atoms with Crippen molar-refractivity contribution in [3.8, 4) is 22.3 Å². The molecular formula is C61H39NS. The number of anilines is 3. The summed E-state index contributed by atoms with van der Waals surface area (Å²) in [5, 5.41) is 10.0. The summed E-state index contributed by atoms with van der Waals surface area (Å²) in [6, 6.07) is 87.9. The fourth-order valence-corrected chi connectivity index (χ4v) is 12.0. The summed E-state index contributed by atoms with van der Waals surface area (Å²) in [7, 11) is 0. The van der Waals surface area contributed by atoms with Crippen LogP contribution in [0.2, 0.25) is 0 Å². The van der Waals surface area contributed by atoms with Crippen LogP contribution in [0.3, 0.4) is 0 Å². The highest BCUT2D eigenvalue weighted by Gasteiger charge is 2.46. The minimum Gasteiger partial charge on any atom is -0.309 e. The van der Waals surface area contributed by atoms with Crippen LogP contribution in [0.5, 0.6) is 0 Å². The first-order chi connectivity index (χ1) is 31.2. The van der Waals surface area contributed by atoms with E-state index in [9.17, 15) is 0 Å². The lowest BCUT2D eigenvalue weighted by Crippen LogP contribution is -2.28. The lowest BCUT2D eigenvalue weighted by Gasteiger charge is -2.34. The van der Waals surface area contributed by atoms with Crippen LogP contribution in [0.1, 0.15) is 22.3 Å². The van der Waals surface area contributed by atoms with Crippen LogP contribution in [-0.2, 0) is 5.41 Å². The third-order valence-electron chi connectivity index (χ3n) is 13.5. The highest BCUT2D eigenvalue weighted by Crippen LogP contribution is 2.57. The summed E-state index contributed by atoms with van der Waals surface area (Å²) in [5.74, 6) is 0. The third kappa shape index (κ3) is 5.42. The van der Waals surface area contributed by atoms with Crippen LogP contribution < -0.4 is 4.90 Å². The second-order valence-corrected chi connectivity index (χ2v) is 17.8. The van der Waals surface area contributed by atoms with E-state index in [-0.39, 0.29) is 0 Å². The molecular weight excluding hydrogens is 779 g/mol. The first-order valence-electron chi connectivity index (χ1n) is 21.7. The average molecular weight is 818 g/mol. The summed E-state index contributed by atoms with van der Waals surface area (Å²) in [5.41, 5.74) is 13.2. The SMILES string of the molecule is c1ccc(C2(c3ccccc3)c3ccccc3-c3ccc(-c4cc5c6cccc(N(c7ccc8ccccc8c7)c7ccc8ccccc8c7)c6sc5c5ccccc45)cc32)cc1. The fraction of sp³-hybridized carbons (Fsp3) is 0.0164. The van der Waals surface area contributed by atoms with Crippen molar-refractivity contribution in [2.45, 2.75) is 5.41 Å². The van der Waals surface area contributed by atoms with Crippen LogP contribution in [0, 0.1) is 0 Å². The molecule has 0 amide bonds. The maximum atomic E-state index is 2.50. The van der Waals surface area contributed by atoms with Crippen molar-refractivity contribution in [2.75, 3.05) is 4.90 Å². The number of hydrogen-bond donors (Lipinski definition) is 0. The van der Waals surface area contributed by atoms with E-state index in [4.69, 9.17) is 0 Å². The van der Waals surface area contributed by atoms with E-state index in [1.54, 1.807) is 0 Å². The molecule has 0 aliphatic heterocycles. The van der Waals surface area contributed by atoms with Gasteiger partial charge in [0.15, 0.2) is 0 Å². The van der Waals surface area contributed by atoms with E-state index in [2.05, 4.69) is 241 Å². The molecule has 1 aliphatic carbocycles. The monoisotopic (exact) mass is 817 g/mol. The Morgan fingerprint density at radius 1 is 0.317 bits per heavy atom. The smallest absolute Gasteiger partial charge is 0.0713 e. The van der Waals surface area contributed by atoms with Gasteiger partial charge in [-0.2, -0.15) is 0 Å². The highest BCUT2D eigenvalue weighted by molar-refractivity contribution is 7.27. The van der Waals surface area contributed by atoms with Crippen molar-refractivity contribution < 1.29 is 0 Å². The van der Waals surface area contributed by atoms with Crippen molar-refractivity contribution >= 4 is 80.9 Å². The number of benzene rings is 11. The van der Waals surface area contributed by atoms with Gasteiger partial charge in [-0.3, -0.25) is 0 Å². The van der Waals surface area contributed by atoms with E-state index >= 15 is 0 Å². The molecule has 0 saturated carbocycles. The van der Waals surface area contributed by atoms with E-state index in [0.29, 0.717) is 0 Å². The van der Waals surface area contributed by atoms with Gasteiger partial charge in [0.1, 0.15) is 0 Å². The Labute approximate surface area is 370 Å². The Bertz CT molecular complexity index is 3630. The van der Waals surface area contributed by atoms with E-state index < -0.39 is 5.41 Å². The van der Waals surface area contributed by atoms with Gasteiger partial charge in [-0.1, -0.05) is 194 Å². The standard InChI is InChI=1S/C61H39NS/c1-3-20-45(21-4-1)61(46-22-5-2-6-23-46)56-28-14-13-25-50(56)51-35-32-44(38-57(51)61)54-39-55-53-27-15-29-58(60(53)63-59(55)52-26-12-11-24-49(52)54)62(47-33-30-40-16-7-9-18-42(40)36-47)48-34-31-41-17-8-10-19-43(41)37-48/h1-39H. The molecule has 1 heterocycles. The van der Waals surface area contributed by atoms with Crippen molar-refractivity contribution in [3.05, 3.63) is 259 Å². The molecule has 2 heteroatoms. The minimum atomic E-state index is -0.469. The van der Waals surface area contributed by atoms with Gasteiger partial charge in [0.2, 0.25) is 0 Å². The lowest BCUT2D eigenvalue weighted by molar-refractivity contribution is 0.769. The zero-order chi connectivity index (χ0) is 41.5. The average Bonchev–Trinajstić information content (AvgIpc) is 3.89. The van der Waals surface area contributed by atoms with Gasteiger partial charge in [0, 0.05) is 32.2 Å². The molecule has 294 valence electrons. The maximum absolute atomic E-state index is 2.50. The molecule has 0 saturated heterocycles. The van der Waals surface area contributed by atoms with Gasteiger partial charge in [0.25, 0.3) is 0 Å². The molecule has 0 bridgehead atoms. The molecule has 0 radical (unpaired) electrons. The molecule has 1 nitrogen and oxygen atoms in total. The Kier molecular flexibility index (Phi) is 8.06. The van der Waals surface area contributed by atoms with Crippen molar-refractivity contribution in [2.24, 2.45) is 0 Å². The molecule has 13 rings (SSSR count).